The number of halogens is 1. The van der Waals surface area contributed by atoms with Crippen molar-refractivity contribution in [1.82, 2.24) is 4.57 Å². The van der Waals surface area contributed by atoms with E-state index in [-0.39, 0.29) is 28.5 Å². The molecule has 1 aliphatic rings. The molecule has 0 N–H and O–H groups in total. The summed E-state index contributed by atoms with van der Waals surface area (Å²) in [4.78, 5) is 26.7. The number of carbonyl (C=O) groups is 1. The third-order valence-corrected chi connectivity index (χ3v) is 3.94. The summed E-state index contributed by atoms with van der Waals surface area (Å²) in [6, 6.07) is 1.24. The molecule has 7 heteroatoms. The van der Waals surface area contributed by atoms with Gasteiger partial charge in [0.15, 0.2) is 11.2 Å². The number of ketones is 1. The maximum Gasteiger partial charge on any atom is 0.200 e. The summed E-state index contributed by atoms with van der Waals surface area (Å²) in [5.41, 5.74) is 8.97. The highest BCUT2D eigenvalue weighted by molar-refractivity contribution is 5.98. The third kappa shape index (κ3) is 2.07. The molecule has 6 nitrogen and oxygen atoms in total. The number of Topliss-reactive ketones (excluding diaryl/α,β-unsaturated/α-hetero) is 1. The van der Waals surface area contributed by atoms with E-state index < -0.39 is 11.2 Å². The van der Waals surface area contributed by atoms with Gasteiger partial charge in [-0.2, -0.15) is 0 Å². The molecule has 3 rings (SSSR count). The zero-order valence-electron chi connectivity index (χ0n) is 12.1. The molecular weight excluding hydrogens is 287 g/mol. The number of pyridine rings is 1. The number of benzene rings is 1. The van der Waals surface area contributed by atoms with Crippen LogP contribution in [0, 0.1) is 12.7 Å². The Morgan fingerprint density at radius 3 is 2.73 bits per heavy atom. The Kier molecular flexibility index (Phi) is 3.22. The van der Waals surface area contributed by atoms with Gasteiger partial charge in [0.25, 0.3) is 0 Å². The first-order valence-corrected chi connectivity index (χ1v) is 6.89. The molecule has 1 aromatic carbocycles. The highest BCUT2D eigenvalue weighted by atomic mass is 19.1. The maximum absolute atomic E-state index is 14.1. The molecule has 0 spiro atoms. The molecule has 112 valence electrons. The SMILES string of the molecule is CC(=O)c1cn(C2CC2)c2c(C)c(N=[N+]=[N-])c(F)cc2c1=O. The Hall–Kier alpha value is -2.66. The van der Waals surface area contributed by atoms with Crippen LogP contribution in [0.15, 0.2) is 22.2 Å². The number of hydrogen-bond acceptors (Lipinski definition) is 3. The highest BCUT2D eigenvalue weighted by Gasteiger charge is 2.28. The topological polar surface area (TPSA) is 87.8 Å². The number of fused-ring (bicyclic) bond motifs is 1. The number of aryl methyl sites for hydroxylation is 1. The summed E-state index contributed by atoms with van der Waals surface area (Å²) >= 11 is 0. The minimum absolute atomic E-state index is 0.0507. The van der Waals surface area contributed by atoms with Gasteiger partial charge in [-0.15, -0.1) is 0 Å². The molecule has 0 atom stereocenters. The van der Waals surface area contributed by atoms with Crippen LogP contribution in [0.1, 0.15) is 41.7 Å². The summed E-state index contributed by atoms with van der Waals surface area (Å²) in [6.45, 7) is 2.93. The van der Waals surface area contributed by atoms with Crippen LogP contribution in [0.25, 0.3) is 21.3 Å². The fraction of sp³-hybridized carbons (Fsp3) is 0.333. The average Bonchev–Trinajstić information content (AvgIpc) is 3.28. The third-order valence-electron chi connectivity index (χ3n) is 3.94. The first kappa shape index (κ1) is 14.3. The predicted molar refractivity (Wildman–Crippen MR) is 80.0 cm³/mol. The zero-order valence-corrected chi connectivity index (χ0v) is 12.1. The van der Waals surface area contributed by atoms with E-state index in [9.17, 15) is 14.0 Å². The second-order valence-corrected chi connectivity index (χ2v) is 5.48. The van der Waals surface area contributed by atoms with Crippen LogP contribution in [-0.2, 0) is 0 Å². The van der Waals surface area contributed by atoms with Crippen LogP contribution in [0.5, 0.6) is 0 Å². The lowest BCUT2D eigenvalue weighted by Crippen LogP contribution is -2.18. The lowest BCUT2D eigenvalue weighted by molar-refractivity contribution is 0.101. The molecule has 0 aliphatic heterocycles. The lowest BCUT2D eigenvalue weighted by Gasteiger charge is -2.15. The minimum atomic E-state index is -0.761. The highest BCUT2D eigenvalue weighted by Crippen LogP contribution is 2.39. The number of rotatable bonds is 3. The van der Waals surface area contributed by atoms with Crippen molar-refractivity contribution in [3.8, 4) is 0 Å². The van der Waals surface area contributed by atoms with Crippen molar-refractivity contribution in [3.05, 3.63) is 49.9 Å². The van der Waals surface area contributed by atoms with Crippen LogP contribution in [-0.4, -0.2) is 10.4 Å². The molecule has 0 unspecified atom stereocenters. The van der Waals surface area contributed by atoms with Crippen LogP contribution in [0.4, 0.5) is 10.1 Å². The molecule has 1 aromatic heterocycles. The van der Waals surface area contributed by atoms with Crippen molar-refractivity contribution >= 4 is 22.4 Å². The molecule has 1 fully saturated rings. The van der Waals surface area contributed by atoms with Crippen molar-refractivity contribution in [1.29, 1.82) is 0 Å². The molecule has 0 saturated heterocycles. The van der Waals surface area contributed by atoms with Gasteiger partial charge in [-0.25, -0.2) is 4.39 Å². The number of azide groups is 1. The van der Waals surface area contributed by atoms with Gasteiger partial charge in [0.2, 0.25) is 0 Å². The summed E-state index contributed by atoms with van der Waals surface area (Å²) in [5.74, 6) is -1.11. The van der Waals surface area contributed by atoms with Gasteiger partial charge in [0.05, 0.1) is 16.8 Å². The Morgan fingerprint density at radius 2 is 2.18 bits per heavy atom. The van der Waals surface area contributed by atoms with E-state index in [4.69, 9.17) is 5.53 Å². The Balaban J connectivity index is 2.52. The first-order valence-electron chi connectivity index (χ1n) is 6.89. The second-order valence-electron chi connectivity index (χ2n) is 5.48. The lowest BCUT2D eigenvalue weighted by atomic mass is 10.0. The van der Waals surface area contributed by atoms with E-state index in [0.717, 1.165) is 18.9 Å². The fourth-order valence-corrected chi connectivity index (χ4v) is 2.73. The fourth-order valence-electron chi connectivity index (χ4n) is 2.73. The van der Waals surface area contributed by atoms with Gasteiger partial charge >= 0.3 is 0 Å². The smallest absolute Gasteiger partial charge is 0.200 e. The van der Waals surface area contributed by atoms with Gasteiger partial charge < -0.3 is 4.57 Å². The number of nitrogens with zero attached hydrogens (tertiary/aromatic N) is 4. The molecular formula is C15H13FN4O2. The van der Waals surface area contributed by atoms with Gasteiger partial charge in [0, 0.05) is 22.5 Å². The summed E-state index contributed by atoms with van der Waals surface area (Å²) in [6.07, 6.45) is 3.40. The molecule has 2 aromatic rings. The van der Waals surface area contributed by atoms with Crippen LogP contribution >= 0.6 is 0 Å². The summed E-state index contributed by atoms with van der Waals surface area (Å²) in [7, 11) is 0. The molecule has 1 saturated carbocycles. The Labute approximate surface area is 124 Å². The van der Waals surface area contributed by atoms with Crippen molar-refractivity contribution in [2.24, 2.45) is 5.11 Å². The molecule has 22 heavy (non-hydrogen) atoms. The van der Waals surface area contributed by atoms with E-state index in [1.54, 1.807) is 6.92 Å². The van der Waals surface area contributed by atoms with E-state index in [1.165, 1.54) is 13.1 Å². The minimum Gasteiger partial charge on any atom is -0.343 e. The normalized spacial score (nSPS) is 14.0. The second kappa shape index (κ2) is 4.96. The first-order chi connectivity index (χ1) is 10.5. The zero-order chi connectivity index (χ0) is 16.0. The molecule has 0 bridgehead atoms. The van der Waals surface area contributed by atoms with Crippen LogP contribution in [0.2, 0.25) is 0 Å². The number of hydrogen-bond donors (Lipinski definition) is 0. The molecule has 1 heterocycles. The largest absolute Gasteiger partial charge is 0.343 e. The van der Waals surface area contributed by atoms with E-state index in [0.29, 0.717) is 11.1 Å². The van der Waals surface area contributed by atoms with Crippen molar-refractivity contribution in [3.63, 3.8) is 0 Å². The predicted octanol–water partition coefficient (Wildman–Crippen LogP) is 3.93. The van der Waals surface area contributed by atoms with Gasteiger partial charge in [-0.05, 0) is 43.9 Å². The summed E-state index contributed by atoms with van der Waals surface area (Å²) in [5, 5.41) is 3.53. The van der Waals surface area contributed by atoms with Crippen molar-refractivity contribution in [2.75, 3.05) is 0 Å². The quantitative estimate of drug-likeness (QED) is 0.372. The maximum atomic E-state index is 14.1. The van der Waals surface area contributed by atoms with Gasteiger partial charge in [-0.3, -0.25) is 9.59 Å². The standard InChI is InChI=1S/C15H13FN4O2/c1-7-13(18-19-17)12(16)5-10-14(7)20(9-3-4-9)6-11(8(2)21)15(10)22/h5-6,9H,3-4H2,1-2H3. The average molecular weight is 300 g/mol. The van der Waals surface area contributed by atoms with E-state index >= 15 is 0 Å². The van der Waals surface area contributed by atoms with Crippen LogP contribution < -0.4 is 5.43 Å². The monoisotopic (exact) mass is 300 g/mol. The number of aromatic nitrogens is 1. The molecule has 0 radical (unpaired) electrons. The van der Waals surface area contributed by atoms with Crippen LogP contribution in [0.3, 0.4) is 0 Å². The Morgan fingerprint density at radius 1 is 1.50 bits per heavy atom. The number of carbonyl (C=O) groups excluding carboxylic acids is 1. The Bertz CT molecular complexity index is 922. The van der Waals surface area contributed by atoms with Crippen molar-refractivity contribution < 1.29 is 9.18 Å². The molecule has 0 amide bonds. The van der Waals surface area contributed by atoms with E-state index in [2.05, 4.69) is 10.0 Å². The summed E-state index contributed by atoms with van der Waals surface area (Å²) < 4.78 is 16.0. The van der Waals surface area contributed by atoms with Crippen molar-refractivity contribution in [2.45, 2.75) is 32.7 Å². The van der Waals surface area contributed by atoms with Gasteiger partial charge in [-0.1, -0.05) is 5.11 Å². The van der Waals surface area contributed by atoms with Gasteiger partial charge in [0.1, 0.15) is 5.82 Å². The van der Waals surface area contributed by atoms with E-state index in [1.807, 2.05) is 4.57 Å². The molecule has 1 aliphatic carbocycles.